The normalized spacial score (nSPS) is 24.9. The number of esters is 2. The molecule has 8 aromatic carbocycles. The summed E-state index contributed by atoms with van der Waals surface area (Å²) in [7, 11) is 0. The lowest BCUT2D eigenvalue weighted by atomic mass is 9.99. The minimum absolute atomic E-state index is 0.00730. The maximum Gasteiger partial charge on any atom is 0.317 e. The van der Waals surface area contributed by atoms with Gasteiger partial charge < -0.3 is 172 Å². The number of phenolic OH excluding ortho intramolecular Hbond substituents is 5. The van der Waals surface area contributed by atoms with E-state index in [1.54, 1.807) is 36.4 Å². The molecule has 0 spiro atoms. The first-order valence-corrected chi connectivity index (χ1v) is 40.4. The molecular weight excluding hydrogens is 1780 g/mol. The predicted molar refractivity (Wildman–Crippen MR) is 455 cm³/mol. The van der Waals surface area contributed by atoms with Crippen molar-refractivity contribution < 1.29 is 191 Å². The number of carboxylic acids is 2. The number of rotatable bonds is 22. The van der Waals surface area contributed by atoms with Crippen LogP contribution >= 0.6 is 0 Å². The van der Waals surface area contributed by atoms with Crippen LogP contribution in [0.4, 0.5) is 0 Å². The van der Waals surface area contributed by atoms with E-state index in [2.05, 4.69) is 0 Å². The summed E-state index contributed by atoms with van der Waals surface area (Å²) in [6, 6.07) is 38.6. The summed E-state index contributed by atoms with van der Waals surface area (Å²) in [5.41, 5.74) is 2.98. The van der Waals surface area contributed by atoms with Crippen molar-refractivity contribution in [2.24, 2.45) is 0 Å². The SMILES string of the molecule is Cc1ccc(-c2coc3cc(O[C@@H]4OC(COC(=O)CC(=O)O)[C@@H](O)[C@H](O)C4O)cc(O)c3c2=O)cc1.O=C(O)CC(=O)OCC1O[C@@H](Oc2ccc3c(=O)c(-c4ccc(O)cc4)coc3c2)C(O)[C@@H](O)[C@@H]1O.O=c1c(-c2ccc(O)cc2)coc2cc(O[C@@H]3OC(CO)[C@@H](O)[C@H](O)C3O)cc(O)c12.O=c1c(-c2ccc(O)cc2)coc2cc(O[C@@H]3OC(CO)[C@@H](O)[C@H](O)C3O)ccc12. The number of aryl methyl sites for hydroxylation is 1. The molecular formula is C91H86O43. The van der Waals surface area contributed by atoms with Gasteiger partial charge in [0, 0.05) is 36.4 Å². The van der Waals surface area contributed by atoms with E-state index in [0.717, 1.165) is 17.7 Å². The van der Waals surface area contributed by atoms with Gasteiger partial charge in [0.15, 0.2) is 10.9 Å². The molecule has 16 rings (SSSR count). The van der Waals surface area contributed by atoms with Gasteiger partial charge >= 0.3 is 23.9 Å². The van der Waals surface area contributed by atoms with Crippen LogP contribution in [0.25, 0.3) is 88.4 Å². The molecule has 4 aromatic heterocycles. The topological polar surface area (TPSA) is 706 Å². The Kier molecular flexibility index (Phi) is 30.7. The number of carboxylic acid groups (broad SMARTS) is 2. The molecule has 0 aliphatic carbocycles. The van der Waals surface area contributed by atoms with Gasteiger partial charge in [0.25, 0.3) is 0 Å². The molecule has 12 aromatic rings. The summed E-state index contributed by atoms with van der Waals surface area (Å²) in [6.45, 7) is -0.513. The fourth-order valence-corrected chi connectivity index (χ4v) is 14.2. The molecule has 134 heavy (non-hydrogen) atoms. The average molecular weight is 1870 g/mol. The van der Waals surface area contributed by atoms with Crippen molar-refractivity contribution in [2.45, 2.75) is 143 Å². The van der Waals surface area contributed by atoms with Crippen LogP contribution in [-0.2, 0) is 47.6 Å². The lowest BCUT2D eigenvalue weighted by molar-refractivity contribution is -0.278. The monoisotopic (exact) mass is 1870 g/mol. The fraction of sp³-hybridized carbons (Fsp3) is 0.297. The summed E-state index contributed by atoms with van der Waals surface area (Å²) in [5.74, 6) is -5.62. The van der Waals surface area contributed by atoms with Crippen molar-refractivity contribution in [2.75, 3.05) is 26.4 Å². The fourth-order valence-electron chi connectivity index (χ4n) is 14.2. The zero-order valence-corrected chi connectivity index (χ0v) is 69.5. The van der Waals surface area contributed by atoms with Crippen molar-refractivity contribution in [1.29, 1.82) is 0 Å². The molecule has 8 unspecified atom stereocenters. The second-order valence-electron chi connectivity index (χ2n) is 30.8. The molecule has 43 nitrogen and oxygen atoms in total. The number of carbonyl (C=O) groups excluding carboxylic acids is 2. The van der Waals surface area contributed by atoms with Crippen LogP contribution in [0.1, 0.15) is 18.4 Å². The van der Waals surface area contributed by atoms with Gasteiger partial charge in [-0.3, -0.25) is 38.4 Å². The van der Waals surface area contributed by atoms with Gasteiger partial charge in [0.2, 0.25) is 36.0 Å². The molecule has 43 heteroatoms. The first-order valence-electron chi connectivity index (χ1n) is 40.4. The maximum absolute atomic E-state index is 13.0. The Morgan fingerprint density at radius 1 is 0.313 bits per heavy atom. The van der Waals surface area contributed by atoms with Gasteiger partial charge in [0.1, 0.15) is 234 Å². The smallest absolute Gasteiger partial charge is 0.317 e. The van der Waals surface area contributed by atoms with Crippen molar-refractivity contribution in [3.63, 3.8) is 0 Å². The first-order chi connectivity index (χ1) is 63.9. The third-order valence-electron chi connectivity index (χ3n) is 21.5. The quantitative estimate of drug-likeness (QED) is 0.0337. The predicted octanol–water partition coefficient (Wildman–Crippen LogP) is 1.44. The third kappa shape index (κ3) is 22.1. The van der Waals surface area contributed by atoms with Gasteiger partial charge in [-0.05, 0) is 89.8 Å². The Hall–Kier alpha value is -14.0. The van der Waals surface area contributed by atoms with Crippen LogP contribution in [0.15, 0.2) is 220 Å². The van der Waals surface area contributed by atoms with E-state index in [1.165, 1.54) is 122 Å². The number of hydrogen-bond donors (Lipinski definition) is 21. The number of benzene rings is 8. The Morgan fingerprint density at radius 3 is 0.888 bits per heavy atom. The zero-order valence-electron chi connectivity index (χ0n) is 69.5. The van der Waals surface area contributed by atoms with Crippen molar-refractivity contribution in [3.05, 3.63) is 229 Å². The van der Waals surface area contributed by atoms with Crippen molar-refractivity contribution in [3.8, 4) is 96.3 Å². The van der Waals surface area contributed by atoms with Gasteiger partial charge in [-0.25, -0.2) is 0 Å². The highest BCUT2D eigenvalue weighted by Crippen LogP contribution is 2.38. The molecule has 21 N–H and O–H groups in total. The molecule has 20 atom stereocenters. The van der Waals surface area contributed by atoms with Crippen LogP contribution in [-0.4, -0.2) is 280 Å². The van der Waals surface area contributed by atoms with E-state index in [0.29, 0.717) is 33.2 Å². The number of ether oxygens (including phenoxy) is 10. The van der Waals surface area contributed by atoms with Gasteiger partial charge in [-0.15, -0.1) is 0 Å². The highest BCUT2D eigenvalue weighted by molar-refractivity contribution is 5.92. The molecule has 0 amide bonds. The number of phenols is 5. The number of fused-ring (bicyclic) bond motifs is 4. The molecule has 4 aliphatic rings. The van der Waals surface area contributed by atoms with Crippen molar-refractivity contribution >= 4 is 67.8 Å². The van der Waals surface area contributed by atoms with Crippen LogP contribution in [0.3, 0.4) is 0 Å². The number of aromatic hydroxyl groups is 5. The van der Waals surface area contributed by atoms with Gasteiger partial charge in [-0.1, -0.05) is 66.2 Å². The second kappa shape index (κ2) is 42.2. The summed E-state index contributed by atoms with van der Waals surface area (Å²) in [5, 5.41) is 206. The molecule has 8 heterocycles. The average Bonchev–Trinajstić information content (AvgIpc) is 0.778. The van der Waals surface area contributed by atoms with E-state index in [9.17, 15) is 135 Å². The summed E-state index contributed by atoms with van der Waals surface area (Å²) in [6.07, 6.45) is -27.4. The highest BCUT2D eigenvalue weighted by atomic mass is 16.7. The Bertz CT molecular complexity index is 6450. The molecule has 4 saturated heterocycles. The molecule has 708 valence electrons. The maximum atomic E-state index is 13.0. The van der Waals surface area contributed by atoms with E-state index in [-0.39, 0.29) is 106 Å². The number of aliphatic carboxylic acids is 2. The number of aliphatic hydroxyl groups excluding tert-OH is 14. The van der Waals surface area contributed by atoms with Crippen LogP contribution < -0.4 is 40.7 Å². The van der Waals surface area contributed by atoms with Crippen LogP contribution in [0, 0.1) is 6.92 Å². The molecule has 0 bridgehead atoms. The van der Waals surface area contributed by atoms with E-state index in [1.807, 2.05) is 19.1 Å². The Labute approximate surface area is 750 Å². The lowest BCUT2D eigenvalue weighted by Gasteiger charge is -2.39. The summed E-state index contributed by atoms with van der Waals surface area (Å²) >= 11 is 0. The van der Waals surface area contributed by atoms with Gasteiger partial charge in [0.05, 0.1) is 46.2 Å². The first kappa shape index (κ1) is 97.5. The molecule has 4 fully saturated rings. The summed E-state index contributed by atoms with van der Waals surface area (Å²) < 4.78 is 75.3. The summed E-state index contributed by atoms with van der Waals surface area (Å²) in [4.78, 5) is 95.8. The highest BCUT2D eigenvalue weighted by Gasteiger charge is 2.49. The minimum atomic E-state index is -1.77. The third-order valence-corrected chi connectivity index (χ3v) is 21.5. The standard InChI is InChI=1S/C25H24O12.C24H22O12.C21H20O10.C21H20O9/c1-11-2-4-12(5-3-11)14-9-34-16-7-13(6-15(26)20(16)21(14)30)36-25-24(33)23(32)22(31)17(37-25)10-35-19(29)8-18(27)28;25-12-3-1-11(2-4-12)15-9-33-16-7-13(5-6-14(16)20(15)29)35-24-23(32)22(31)21(30)17(36-24)10-34-19(28)8-18(26)27;22-7-15-18(26)19(27)20(28)21(31-15)30-11-5-13(24)16-14(6-11)29-8-12(17(16)25)9-1-3-10(23)4-2-9;22-8-16-18(25)19(26)20(27)21(30-16)29-12-5-6-13-15(7-12)28-9-14(17(13)24)10-1-3-11(23)4-2-10/h2-7,9,17,22-26,31-33H,8,10H2,1H3,(H,27,28);1-7,9,17,21-25,30-32H,8,10H2,(H,26,27);1-6,8,15,18-24,26-28H,7H2;1-7,9,16,18-23,25-27H,8H2/t17?,22-,23+,24?,25-;17?,21-,22+,23?,24-;15?,18-,19+,20?,21-;16?,18-,19+,20?,21-/m1111/s1. The zero-order chi connectivity index (χ0) is 96.5. The Balaban J connectivity index is 0.000000152. The lowest BCUT2D eigenvalue weighted by Crippen LogP contribution is -2.60. The number of aliphatic hydroxyl groups is 14. The van der Waals surface area contributed by atoms with E-state index in [4.69, 9.17) is 75.3 Å². The van der Waals surface area contributed by atoms with Crippen LogP contribution in [0.5, 0.6) is 51.7 Å². The largest absolute Gasteiger partial charge is 0.508 e. The van der Waals surface area contributed by atoms with Crippen molar-refractivity contribution in [1.82, 2.24) is 0 Å². The van der Waals surface area contributed by atoms with E-state index < -0.39 is 208 Å². The van der Waals surface area contributed by atoms with Gasteiger partial charge in [-0.2, -0.15) is 0 Å². The second-order valence-corrected chi connectivity index (χ2v) is 30.8. The van der Waals surface area contributed by atoms with E-state index >= 15 is 0 Å². The number of hydrogen-bond acceptors (Lipinski definition) is 41. The number of carbonyl (C=O) groups is 4. The Morgan fingerprint density at radius 2 is 0.582 bits per heavy atom. The van der Waals surface area contributed by atoms with Crippen LogP contribution in [0.2, 0.25) is 0 Å². The molecule has 0 saturated carbocycles. The molecule has 0 radical (unpaired) electrons. The minimum Gasteiger partial charge on any atom is -0.508 e. The molecule has 4 aliphatic heterocycles.